The van der Waals surface area contributed by atoms with Gasteiger partial charge in [0.05, 0.1) is 23.9 Å². The van der Waals surface area contributed by atoms with Crippen LogP contribution in [0, 0.1) is 4.91 Å². The molecular formula is C17H19N9O4. The molecule has 4 aromatic heterocycles. The molecule has 0 saturated carbocycles. The largest absolute Gasteiger partial charge is 0.468 e. The van der Waals surface area contributed by atoms with Crippen molar-refractivity contribution in [3.8, 4) is 17.4 Å². The van der Waals surface area contributed by atoms with Gasteiger partial charge >= 0.3 is 0 Å². The number of aliphatic hydroxyl groups excluding tert-OH is 1. The number of nitroso groups, excluding NO2 is 1. The molecule has 1 N–H and O–H groups in total. The minimum absolute atomic E-state index is 0.129. The second kappa shape index (κ2) is 7.59. The van der Waals surface area contributed by atoms with Crippen molar-refractivity contribution >= 4 is 5.52 Å². The molecular weight excluding hydrogens is 394 g/mol. The van der Waals surface area contributed by atoms with E-state index < -0.39 is 5.41 Å². The molecule has 0 amide bonds. The Labute approximate surface area is 169 Å². The first-order valence-corrected chi connectivity index (χ1v) is 9.01. The normalized spacial score (nSPS) is 11.9. The number of aliphatic hydroxyl groups is 1. The van der Waals surface area contributed by atoms with Crippen LogP contribution in [-0.4, -0.2) is 51.4 Å². The van der Waals surface area contributed by atoms with Gasteiger partial charge in [0.2, 0.25) is 11.7 Å². The zero-order valence-corrected chi connectivity index (χ0v) is 16.6. The molecule has 0 unspecified atom stereocenters. The lowest BCUT2D eigenvalue weighted by molar-refractivity contribution is 0.209. The lowest BCUT2D eigenvalue weighted by atomic mass is 9.86. The van der Waals surface area contributed by atoms with Crippen LogP contribution in [0.1, 0.15) is 31.0 Å². The van der Waals surface area contributed by atoms with Crippen molar-refractivity contribution in [2.75, 3.05) is 6.61 Å². The Balaban J connectivity index is 1.82. The van der Waals surface area contributed by atoms with Gasteiger partial charge in [-0.25, -0.2) is 9.50 Å². The van der Waals surface area contributed by atoms with Crippen LogP contribution in [0.15, 0.2) is 28.3 Å². The first kappa shape index (κ1) is 19.6. The molecule has 0 atom stereocenters. The maximum atomic E-state index is 10.5. The standard InChI is InChI=1S/C17H19N9O4/c1-17(2,8-27)14-12-6-19-22-15(11-4-10(5-21-28)30-24-11)26(12)23-16(14)29-7-13-18-9-20-25(13)3/h4,6,9,27H,5,7-8H2,1-3H3. The van der Waals surface area contributed by atoms with Crippen molar-refractivity contribution in [3.63, 3.8) is 0 Å². The first-order chi connectivity index (χ1) is 14.4. The fourth-order valence-electron chi connectivity index (χ4n) is 2.99. The Morgan fingerprint density at radius 2 is 2.20 bits per heavy atom. The van der Waals surface area contributed by atoms with E-state index in [1.165, 1.54) is 17.0 Å². The number of ether oxygens (including phenoxy) is 1. The average molecular weight is 413 g/mol. The molecule has 0 saturated heterocycles. The van der Waals surface area contributed by atoms with Crippen molar-refractivity contribution in [2.45, 2.75) is 32.4 Å². The predicted molar refractivity (Wildman–Crippen MR) is 101 cm³/mol. The summed E-state index contributed by atoms with van der Waals surface area (Å²) in [5, 5.41) is 33.4. The molecule has 30 heavy (non-hydrogen) atoms. The van der Waals surface area contributed by atoms with E-state index in [-0.39, 0.29) is 25.6 Å². The highest BCUT2D eigenvalue weighted by molar-refractivity contribution is 5.65. The second-order valence-electron chi connectivity index (χ2n) is 7.24. The van der Waals surface area contributed by atoms with E-state index in [4.69, 9.17) is 9.26 Å². The lowest BCUT2D eigenvalue weighted by Crippen LogP contribution is -2.23. The average Bonchev–Trinajstić information content (AvgIpc) is 3.44. The zero-order valence-electron chi connectivity index (χ0n) is 16.6. The smallest absolute Gasteiger partial charge is 0.238 e. The van der Waals surface area contributed by atoms with Crippen LogP contribution in [-0.2, 0) is 25.6 Å². The molecule has 4 rings (SSSR count). The maximum absolute atomic E-state index is 10.5. The molecule has 4 aromatic rings. The zero-order chi connectivity index (χ0) is 21.3. The summed E-state index contributed by atoms with van der Waals surface area (Å²) in [7, 11) is 1.76. The highest BCUT2D eigenvalue weighted by atomic mass is 16.5. The van der Waals surface area contributed by atoms with E-state index in [1.54, 1.807) is 17.8 Å². The summed E-state index contributed by atoms with van der Waals surface area (Å²) < 4.78 is 14.2. The number of nitrogens with zero attached hydrogens (tertiary/aromatic N) is 9. The Kier molecular flexibility index (Phi) is 4.95. The molecule has 4 heterocycles. The minimum Gasteiger partial charge on any atom is -0.468 e. The fourth-order valence-corrected chi connectivity index (χ4v) is 2.99. The van der Waals surface area contributed by atoms with Crippen molar-refractivity contribution in [1.29, 1.82) is 0 Å². The predicted octanol–water partition coefficient (Wildman–Crippen LogP) is 1.02. The third-order valence-corrected chi connectivity index (χ3v) is 4.65. The molecule has 0 aliphatic heterocycles. The molecule has 0 aromatic carbocycles. The van der Waals surface area contributed by atoms with Gasteiger partial charge in [-0.05, 0) is 0 Å². The monoisotopic (exact) mass is 413 g/mol. The van der Waals surface area contributed by atoms with Crippen LogP contribution < -0.4 is 4.74 Å². The van der Waals surface area contributed by atoms with Crippen LogP contribution >= 0.6 is 0 Å². The summed E-state index contributed by atoms with van der Waals surface area (Å²) in [5.74, 6) is 1.49. The quantitative estimate of drug-likeness (QED) is 0.413. The number of rotatable bonds is 8. The van der Waals surface area contributed by atoms with Gasteiger partial charge in [-0.15, -0.1) is 10.2 Å². The van der Waals surface area contributed by atoms with Crippen LogP contribution in [0.2, 0.25) is 0 Å². The van der Waals surface area contributed by atoms with E-state index in [0.717, 1.165) is 0 Å². The van der Waals surface area contributed by atoms with Crippen molar-refractivity contribution in [1.82, 2.24) is 39.7 Å². The van der Waals surface area contributed by atoms with E-state index in [0.29, 0.717) is 34.2 Å². The molecule has 156 valence electrons. The molecule has 13 heteroatoms. The second-order valence-corrected chi connectivity index (χ2v) is 7.24. The van der Waals surface area contributed by atoms with Gasteiger partial charge in [-0.2, -0.15) is 15.1 Å². The minimum atomic E-state index is -0.687. The third-order valence-electron chi connectivity index (χ3n) is 4.65. The number of fused-ring (bicyclic) bond motifs is 1. The number of hydrogen-bond acceptors (Lipinski definition) is 11. The molecule has 13 nitrogen and oxygen atoms in total. The van der Waals surface area contributed by atoms with Crippen molar-refractivity contribution in [3.05, 3.63) is 40.6 Å². The van der Waals surface area contributed by atoms with Crippen LogP contribution in [0.5, 0.6) is 5.88 Å². The highest BCUT2D eigenvalue weighted by Crippen LogP contribution is 2.36. The fraction of sp³-hybridized carbons (Fsp3) is 0.412. The molecule has 0 aliphatic rings. The maximum Gasteiger partial charge on any atom is 0.238 e. The summed E-state index contributed by atoms with van der Waals surface area (Å²) >= 11 is 0. The summed E-state index contributed by atoms with van der Waals surface area (Å²) in [4.78, 5) is 14.6. The highest BCUT2D eigenvalue weighted by Gasteiger charge is 2.31. The van der Waals surface area contributed by atoms with E-state index in [1.807, 2.05) is 13.8 Å². The summed E-state index contributed by atoms with van der Waals surface area (Å²) in [6.45, 7) is 3.56. The van der Waals surface area contributed by atoms with Crippen molar-refractivity contribution < 1.29 is 14.4 Å². The Morgan fingerprint density at radius 3 is 2.90 bits per heavy atom. The number of aryl methyl sites for hydroxylation is 1. The van der Waals surface area contributed by atoms with Gasteiger partial charge in [0.15, 0.2) is 17.3 Å². The van der Waals surface area contributed by atoms with Crippen LogP contribution in [0.3, 0.4) is 0 Å². The van der Waals surface area contributed by atoms with Gasteiger partial charge in [0, 0.05) is 18.5 Å². The molecule has 0 aliphatic carbocycles. The SMILES string of the molecule is Cn1ncnc1COc1nn2c(-c3cc(CN=O)on3)nncc2c1C(C)(C)CO. The van der Waals surface area contributed by atoms with Crippen LogP contribution in [0.4, 0.5) is 0 Å². The van der Waals surface area contributed by atoms with Crippen LogP contribution in [0.25, 0.3) is 17.0 Å². The summed E-state index contributed by atoms with van der Waals surface area (Å²) in [5.41, 5.74) is 0.891. The summed E-state index contributed by atoms with van der Waals surface area (Å²) in [6, 6.07) is 1.55. The lowest BCUT2D eigenvalue weighted by Gasteiger charge is -2.21. The molecule has 0 spiro atoms. The molecule has 0 fully saturated rings. The number of hydrogen-bond donors (Lipinski definition) is 1. The van der Waals surface area contributed by atoms with E-state index in [9.17, 15) is 10.0 Å². The Hall–Kier alpha value is -3.74. The van der Waals surface area contributed by atoms with E-state index in [2.05, 4.69) is 35.7 Å². The first-order valence-electron chi connectivity index (χ1n) is 9.01. The van der Waals surface area contributed by atoms with Gasteiger partial charge in [0.1, 0.15) is 19.5 Å². The van der Waals surface area contributed by atoms with E-state index >= 15 is 0 Å². The molecule has 0 bridgehead atoms. The molecule has 0 radical (unpaired) electrons. The third kappa shape index (κ3) is 3.39. The van der Waals surface area contributed by atoms with Gasteiger partial charge in [0.25, 0.3) is 0 Å². The topological polar surface area (TPSA) is 159 Å². The van der Waals surface area contributed by atoms with Gasteiger partial charge in [-0.3, -0.25) is 4.68 Å². The Bertz CT molecular complexity index is 1190. The van der Waals surface area contributed by atoms with Crippen molar-refractivity contribution in [2.24, 2.45) is 12.2 Å². The Morgan fingerprint density at radius 1 is 1.37 bits per heavy atom. The van der Waals surface area contributed by atoms with Gasteiger partial charge in [-0.1, -0.05) is 24.2 Å². The summed E-state index contributed by atoms with van der Waals surface area (Å²) in [6.07, 6.45) is 2.97. The van der Waals surface area contributed by atoms with Gasteiger partial charge < -0.3 is 14.4 Å². The number of aromatic nitrogens is 8.